The van der Waals surface area contributed by atoms with E-state index < -0.39 is 10.0 Å². The standard InChI is InChI=1S/C26H31N5O2S/c1-21-20-25(29-14-6-3-7-15-29)28-26(27-21)30-16-18-31(19-17-30)34(32,33)24-12-10-23(11-13-24)22-8-4-2-5-9-22/h2,4-5,8-13,20H,3,6-7,14-19H2,1H3. The van der Waals surface area contributed by atoms with Crippen LogP contribution >= 0.6 is 0 Å². The monoisotopic (exact) mass is 477 g/mol. The summed E-state index contributed by atoms with van der Waals surface area (Å²) in [5.41, 5.74) is 3.02. The van der Waals surface area contributed by atoms with E-state index in [1.165, 1.54) is 19.3 Å². The van der Waals surface area contributed by atoms with Gasteiger partial charge in [0, 0.05) is 51.0 Å². The molecular formula is C26H31N5O2S. The molecule has 0 atom stereocenters. The Bertz CT molecular complexity index is 1220. The molecule has 8 heteroatoms. The molecular weight excluding hydrogens is 446 g/mol. The third-order valence-electron chi connectivity index (χ3n) is 6.63. The van der Waals surface area contributed by atoms with Gasteiger partial charge < -0.3 is 9.80 Å². The first kappa shape index (κ1) is 22.8. The Balaban J connectivity index is 1.27. The number of rotatable bonds is 5. The minimum atomic E-state index is -3.54. The van der Waals surface area contributed by atoms with Gasteiger partial charge in [0.1, 0.15) is 5.82 Å². The predicted molar refractivity (Wildman–Crippen MR) is 136 cm³/mol. The summed E-state index contributed by atoms with van der Waals surface area (Å²) in [5, 5.41) is 0. The number of piperidine rings is 1. The van der Waals surface area contributed by atoms with Crippen LogP contribution in [0.1, 0.15) is 25.0 Å². The SMILES string of the molecule is Cc1cc(N2CCCCC2)nc(N2CCN(S(=O)(=O)c3ccc(-c4ccccc4)cc3)CC2)n1. The van der Waals surface area contributed by atoms with Crippen molar-refractivity contribution in [3.8, 4) is 11.1 Å². The quantitative estimate of drug-likeness (QED) is 0.554. The van der Waals surface area contributed by atoms with Crippen molar-refractivity contribution in [2.24, 2.45) is 0 Å². The van der Waals surface area contributed by atoms with Crippen molar-refractivity contribution in [3.05, 3.63) is 66.4 Å². The number of aryl methyl sites for hydroxylation is 1. The van der Waals surface area contributed by atoms with E-state index in [0.29, 0.717) is 37.0 Å². The van der Waals surface area contributed by atoms with Crippen molar-refractivity contribution < 1.29 is 8.42 Å². The highest BCUT2D eigenvalue weighted by Crippen LogP contribution is 2.25. The summed E-state index contributed by atoms with van der Waals surface area (Å²) < 4.78 is 28.1. The number of hydrogen-bond donors (Lipinski definition) is 0. The second kappa shape index (κ2) is 9.72. The Kier molecular flexibility index (Phi) is 6.52. The molecule has 5 rings (SSSR count). The fraction of sp³-hybridized carbons (Fsp3) is 0.385. The van der Waals surface area contributed by atoms with E-state index in [2.05, 4.69) is 20.9 Å². The molecule has 0 saturated carbocycles. The smallest absolute Gasteiger partial charge is 0.243 e. The van der Waals surface area contributed by atoms with Gasteiger partial charge >= 0.3 is 0 Å². The number of nitrogens with zero attached hydrogens (tertiary/aromatic N) is 5. The Morgan fingerprint density at radius 1 is 0.706 bits per heavy atom. The van der Waals surface area contributed by atoms with Gasteiger partial charge in [0.05, 0.1) is 4.90 Å². The van der Waals surface area contributed by atoms with Crippen molar-refractivity contribution in [2.75, 3.05) is 49.1 Å². The van der Waals surface area contributed by atoms with E-state index in [1.54, 1.807) is 16.4 Å². The summed E-state index contributed by atoms with van der Waals surface area (Å²) in [6.07, 6.45) is 3.67. The van der Waals surface area contributed by atoms with Gasteiger partial charge in [-0.2, -0.15) is 9.29 Å². The molecule has 0 spiro atoms. The highest BCUT2D eigenvalue weighted by molar-refractivity contribution is 7.89. The summed E-state index contributed by atoms with van der Waals surface area (Å²) in [5.74, 6) is 1.68. The maximum absolute atomic E-state index is 13.3. The first-order chi connectivity index (χ1) is 16.5. The van der Waals surface area contributed by atoms with Crippen LogP contribution in [0.2, 0.25) is 0 Å². The molecule has 2 aromatic carbocycles. The summed E-state index contributed by atoms with van der Waals surface area (Å²) >= 11 is 0. The molecule has 2 aliphatic heterocycles. The van der Waals surface area contributed by atoms with Crippen LogP contribution in [0.25, 0.3) is 11.1 Å². The summed E-state index contributed by atoms with van der Waals surface area (Å²) in [6.45, 7) is 6.04. The number of piperazine rings is 1. The fourth-order valence-corrected chi connectivity index (χ4v) is 6.11. The zero-order valence-corrected chi connectivity index (χ0v) is 20.4. The Morgan fingerprint density at radius 2 is 1.35 bits per heavy atom. The number of benzene rings is 2. The van der Waals surface area contributed by atoms with Crippen LogP contribution in [0.15, 0.2) is 65.6 Å². The van der Waals surface area contributed by atoms with Gasteiger partial charge in [0.15, 0.2) is 0 Å². The fourth-order valence-electron chi connectivity index (χ4n) is 4.69. The minimum Gasteiger partial charge on any atom is -0.356 e. The maximum atomic E-state index is 13.3. The third kappa shape index (κ3) is 4.79. The second-order valence-electron chi connectivity index (χ2n) is 9.00. The molecule has 2 aliphatic rings. The average molecular weight is 478 g/mol. The van der Waals surface area contributed by atoms with Crippen LogP contribution in [0.4, 0.5) is 11.8 Å². The molecule has 0 bridgehead atoms. The Morgan fingerprint density at radius 3 is 2.03 bits per heavy atom. The number of anilines is 2. The van der Waals surface area contributed by atoms with Gasteiger partial charge in [-0.1, -0.05) is 42.5 Å². The molecule has 0 aliphatic carbocycles. The van der Waals surface area contributed by atoms with Crippen LogP contribution in [0.3, 0.4) is 0 Å². The molecule has 0 amide bonds. The molecule has 0 radical (unpaired) electrons. The van der Waals surface area contributed by atoms with Crippen LogP contribution < -0.4 is 9.80 Å². The first-order valence-corrected chi connectivity index (χ1v) is 13.5. The van der Waals surface area contributed by atoms with Crippen molar-refractivity contribution in [1.82, 2.24) is 14.3 Å². The average Bonchev–Trinajstić information content (AvgIpc) is 2.89. The van der Waals surface area contributed by atoms with Gasteiger partial charge in [-0.3, -0.25) is 0 Å². The van der Waals surface area contributed by atoms with E-state index in [1.807, 2.05) is 49.4 Å². The first-order valence-electron chi connectivity index (χ1n) is 12.0. The van der Waals surface area contributed by atoms with Gasteiger partial charge in [-0.25, -0.2) is 13.4 Å². The summed E-state index contributed by atoms with van der Waals surface area (Å²) in [6, 6.07) is 19.2. The van der Waals surface area contributed by atoms with Crippen LogP contribution in [-0.2, 0) is 10.0 Å². The van der Waals surface area contributed by atoms with Gasteiger partial charge in [0.25, 0.3) is 0 Å². The molecule has 3 heterocycles. The molecule has 0 unspecified atom stereocenters. The molecule has 2 fully saturated rings. The zero-order valence-electron chi connectivity index (χ0n) is 19.6. The molecule has 34 heavy (non-hydrogen) atoms. The van der Waals surface area contributed by atoms with E-state index >= 15 is 0 Å². The van der Waals surface area contributed by atoms with Crippen molar-refractivity contribution in [2.45, 2.75) is 31.1 Å². The third-order valence-corrected chi connectivity index (χ3v) is 8.54. The van der Waals surface area contributed by atoms with Crippen molar-refractivity contribution >= 4 is 21.8 Å². The Labute approximate surface area is 202 Å². The van der Waals surface area contributed by atoms with E-state index in [4.69, 9.17) is 4.98 Å². The Hall–Kier alpha value is -2.97. The largest absolute Gasteiger partial charge is 0.356 e. The van der Waals surface area contributed by atoms with Gasteiger partial charge in [-0.05, 0) is 49.4 Å². The van der Waals surface area contributed by atoms with E-state index in [9.17, 15) is 8.42 Å². The molecule has 0 N–H and O–H groups in total. The normalized spacial score (nSPS) is 17.7. The van der Waals surface area contributed by atoms with E-state index in [0.717, 1.165) is 35.7 Å². The highest BCUT2D eigenvalue weighted by Gasteiger charge is 2.29. The lowest BCUT2D eigenvalue weighted by atomic mass is 10.1. The van der Waals surface area contributed by atoms with Crippen LogP contribution in [0, 0.1) is 6.92 Å². The number of aromatic nitrogens is 2. The topological polar surface area (TPSA) is 69.6 Å². The molecule has 178 valence electrons. The highest BCUT2D eigenvalue weighted by atomic mass is 32.2. The van der Waals surface area contributed by atoms with Gasteiger partial charge in [-0.15, -0.1) is 0 Å². The molecule has 2 saturated heterocycles. The van der Waals surface area contributed by atoms with E-state index in [-0.39, 0.29) is 0 Å². The van der Waals surface area contributed by atoms with Crippen molar-refractivity contribution in [1.29, 1.82) is 0 Å². The number of sulfonamides is 1. The lowest BCUT2D eigenvalue weighted by molar-refractivity contribution is 0.382. The molecule has 1 aromatic heterocycles. The number of hydrogen-bond acceptors (Lipinski definition) is 6. The summed E-state index contributed by atoms with van der Waals surface area (Å²) in [4.78, 5) is 14.3. The zero-order chi connectivity index (χ0) is 23.5. The second-order valence-corrected chi connectivity index (χ2v) is 10.9. The lowest BCUT2D eigenvalue weighted by Crippen LogP contribution is -2.49. The maximum Gasteiger partial charge on any atom is 0.243 e. The molecule has 7 nitrogen and oxygen atoms in total. The minimum absolute atomic E-state index is 0.333. The van der Waals surface area contributed by atoms with Crippen LogP contribution in [-0.4, -0.2) is 62.0 Å². The molecule has 3 aromatic rings. The lowest BCUT2D eigenvalue weighted by Gasteiger charge is -2.35. The summed E-state index contributed by atoms with van der Waals surface area (Å²) in [7, 11) is -3.54. The van der Waals surface area contributed by atoms with Gasteiger partial charge in [0.2, 0.25) is 16.0 Å². The van der Waals surface area contributed by atoms with Crippen LogP contribution in [0.5, 0.6) is 0 Å². The van der Waals surface area contributed by atoms with Crippen molar-refractivity contribution in [3.63, 3.8) is 0 Å². The predicted octanol–water partition coefficient (Wildman–Crippen LogP) is 3.95.